The molecular formula is C14H19F3N2O. The Labute approximate surface area is 116 Å². The van der Waals surface area contributed by atoms with Gasteiger partial charge in [-0.1, -0.05) is 37.3 Å². The van der Waals surface area contributed by atoms with E-state index in [2.05, 4.69) is 10.6 Å². The molecule has 0 aliphatic carbocycles. The van der Waals surface area contributed by atoms with Crippen LogP contribution < -0.4 is 10.6 Å². The summed E-state index contributed by atoms with van der Waals surface area (Å²) in [4.78, 5) is 11.3. The Bertz CT molecular complexity index is 407. The first-order valence-corrected chi connectivity index (χ1v) is 6.47. The monoisotopic (exact) mass is 288 g/mol. The van der Waals surface area contributed by atoms with Crippen LogP contribution in [-0.2, 0) is 4.79 Å². The molecule has 0 aliphatic heterocycles. The molecular weight excluding hydrogens is 269 g/mol. The third-order valence-electron chi connectivity index (χ3n) is 2.88. The molecule has 2 N–H and O–H groups in total. The van der Waals surface area contributed by atoms with Crippen LogP contribution in [0.5, 0.6) is 0 Å². The summed E-state index contributed by atoms with van der Waals surface area (Å²) in [7, 11) is 0. The number of nitrogens with one attached hydrogen (secondary N) is 2. The van der Waals surface area contributed by atoms with E-state index in [1.54, 1.807) is 0 Å². The molecule has 112 valence electrons. The molecule has 1 aromatic rings. The van der Waals surface area contributed by atoms with E-state index in [-0.39, 0.29) is 6.54 Å². The van der Waals surface area contributed by atoms with Gasteiger partial charge in [0.2, 0.25) is 5.91 Å². The maximum atomic E-state index is 11.9. The number of carbonyl (C=O) groups is 1. The van der Waals surface area contributed by atoms with Gasteiger partial charge in [-0.2, -0.15) is 13.2 Å². The molecule has 0 bridgehead atoms. The van der Waals surface area contributed by atoms with Gasteiger partial charge in [-0.15, -0.1) is 0 Å². The summed E-state index contributed by atoms with van der Waals surface area (Å²) in [5, 5.41) is 4.66. The Morgan fingerprint density at radius 3 is 2.50 bits per heavy atom. The highest BCUT2D eigenvalue weighted by Gasteiger charge is 2.26. The third kappa shape index (κ3) is 7.13. The van der Waals surface area contributed by atoms with Gasteiger partial charge in [0.1, 0.15) is 0 Å². The fraction of sp³-hybridized carbons (Fsp3) is 0.500. The van der Waals surface area contributed by atoms with Gasteiger partial charge < -0.3 is 10.6 Å². The van der Waals surface area contributed by atoms with E-state index in [9.17, 15) is 18.0 Å². The lowest BCUT2D eigenvalue weighted by Gasteiger charge is -2.13. The number of carbonyl (C=O) groups excluding carboxylic acids is 1. The van der Waals surface area contributed by atoms with Crippen molar-refractivity contribution in [3.05, 3.63) is 35.9 Å². The molecule has 0 saturated heterocycles. The van der Waals surface area contributed by atoms with E-state index >= 15 is 0 Å². The Morgan fingerprint density at radius 2 is 1.90 bits per heavy atom. The molecule has 0 fully saturated rings. The molecule has 3 nitrogen and oxygen atoms in total. The highest BCUT2D eigenvalue weighted by atomic mass is 19.4. The van der Waals surface area contributed by atoms with E-state index in [4.69, 9.17) is 0 Å². The minimum Gasteiger partial charge on any atom is -0.355 e. The van der Waals surface area contributed by atoms with E-state index in [0.29, 0.717) is 12.5 Å². The summed E-state index contributed by atoms with van der Waals surface area (Å²) in [6, 6.07) is 9.86. The highest BCUT2D eigenvalue weighted by molar-refractivity contribution is 5.77. The number of halogens is 3. The summed E-state index contributed by atoms with van der Waals surface area (Å²) in [5.41, 5.74) is 1.18. The van der Waals surface area contributed by atoms with Crippen LogP contribution in [0.25, 0.3) is 0 Å². The second-order valence-electron chi connectivity index (χ2n) is 4.67. The third-order valence-corrected chi connectivity index (χ3v) is 2.88. The van der Waals surface area contributed by atoms with Crippen LogP contribution in [0.3, 0.4) is 0 Å². The SMILES string of the molecule is CC(CCNC(=O)CNCC(F)(F)F)c1ccccc1. The summed E-state index contributed by atoms with van der Waals surface area (Å²) < 4.78 is 35.6. The lowest BCUT2D eigenvalue weighted by molar-refractivity contribution is -0.128. The number of rotatable bonds is 7. The maximum absolute atomic E-state index is 11.9. The van der Waals surface area contributed by atoms with Crippen LogP contribution in [0.1, 0.15) is 24.8 Å². The van der Waals surface area contributed by atoms with Gasteiger partial charge in [0.05, 0.1) is 13.1 Å². The van der Waals surface area contributed by atoms with Crippen molar-refractivity contribution >= 4 is 5.91 Å². The fourth-order valence-corrected chi connectivity index (χ4v) is 1.76. The number of hydrogen-bond donors (Lipinski definition) is 2. The number of benzene rings is 1. The fourth-order valence-electron chi connectivity index (χ4n) is 1.76. The van der Waals surface area contributed by atoms with E-state index < -0.39 is 18.6 Å². The lowest BCUT2D eigenvalue weighted by atomic mass is 9.98. The molecule has 1 amide bonds. The Morgan fingerprint density at radius 1 is 1.25 bits per heavy atom. The predicted octanol–water partition coefficient (Wildman–Crippen LogP) is 2.45. The molecule has 1 atom stereocenters. The molecule has 0 aromatic heterocycles. The molecule has 0 spiro atoms. The topological polar surface area (TPSA) is 41.1 Å². The number of amides is 1. The predicted molar refractivity (Wildman–Crippen MR) is 71.4 cm³/mol. The van der Waals surface area contributed by atoms with Gasteiger partial charge in [-0.3, -0.25) is 4.79 Å². The van der Waals surface area contributed by atoms with Crippen molar-refractivity contribution in [1.29, 1.82) is 0 Å². The zero-order valence-electron chi connectivity index (χ0n) is 11.3. The zero-order chi connectivity index (χ0) is 15.0. The van der Waals surface area contributed by atoms with Crippen LogP contribution in [-0.4, -0.2) is 31.7 Å². The van der Waals surface area contributed by atoms with Crippen LogP contribution in [0.15, 0.2) is 30.3 Å². The minimum atomic E-state index is -4.29. The second-order valence-corrected chi connectivity index (χ2v) is 4.67. The molecule has 0 heterocycles. The smallest absolute Gasteiger partial charge is 0.355 e. The van der Waals surface area contributed by atoms with Crippen molar-refractivity contribution in [2.24, 2.45) is 0 Å². The standard InChI is InChI=1S/C14H19F3N2O/c1-11(12-5-3-2-4-6-12)7-8-19-13(20)9-18-10-14(15,16)17/h2-6,11,18H,7-10H2,1H3,(H,19,20). The molecule has 0 saturated carbocycles. The first-order chi connectivity index (χ1) is 9.38. The Hall–Kier alpha value is -1.56. The van der Waals surface area contributed by atoms with Gasteiger partial charge in [0.15, 0.2) is 0 Å². The molecule has 0 aliphatic rings. The highest BCUT2D eigenvalue weighted by Crippen LogP contribution is 2.17. The van der Waals surface area contributed by atoms with Gasteiger partial charge in [0.25, 0.3) is 0 Å². The maximum Gasteiger partial charge on any atom is 0.401 e. The normalized spacial score (nSPS) is 13.0. The van der Waals surface area contributed by atoms with Gasteiger partial charge >= 0.3 is 6.18 Å². The van der Waals surface area contributed by atoms with Crippen molar-refractivity contribution in [2.45, 2.75) is 25.4 Å². The molecule has 20 heavy (non-hydrogen) atoms. The van der Waals surface area contributed by atoms with Gasteiger partial charge in [-0.05, 0) is 17.9 Å². The van der Waals surface area contributed by atoms with E-state index in [0.717, 1.165) is 6.42 Å². The molecule has 1 aromatic carbocycles. The summed E-state index contributed by atoms with van der Waals surface area (Å²) in [5.74, 6) is -0.130. The van der Waals surface area contributed by atoms with E-state index in [1.165, 1.54) is 5.56 Å². The summed E-state index contributed by atoms with van der Waals surface area (Å²) in [6.07, 6.45) is -3.54. The summed E-state index contributed by atoms with van der Waals surface area (Å²) in [6.45, 7) is 1.02. The van der Waals surface area contributed by atoms with Gasteiger partial charge in [0, 0.05) is 6.54 Å². The minimum absolute atomic E-state index is 0.291. The van der Waals surface area contributed by atoms with Crippen LogP contribution in [0.4, 0.5) is 13.2 Å². The largest absolute Gasteiger partial charge is 0.401 e. The molecule has 6 heteroatoms. The quantitative estimate of drug-likeness (QED) is 0.809. The lowest BCUT2D eigenvalue weighted by Crippen LogP contribution is -2.38. The zero-order valence-corrected chi connectivity index (χ0v) is 11.3. The average Bonchev–Trinajstić information content (AvgIpc) is 2.38. The molecule has 0 radical (unpaired) electrons. The van der Waals surface area contributed by atoms with Crippen molar-refractivity contribution in [3.63, 3.8) is 0 Å². The average molecular weight is 288 g/mol. The van der Waals surface area contributed by atoms with Crippen LogP contribution >= 0.6 is 0 Å². The van der Waals surface area contributed by atoms with Crippen molar-refractivity contribution in [2.75, 3.05) is 19.6 Å². The number of hydrogen-bond acceptors (Lipinski definition) is 2. The summed E-state index contributed by atoms with van der Waals surface area (Å²) >= 11 is 0. The van der Waals surface area contributed by atoms with E-state index in [1.807, 2.05) is 37.3 Å². The Kier molecular flexibility index (Phi) is 6.51. The Balaban J connectivity index is 2.16. The number of alkyl halides is 3. The second kappa shape index (κ2) is 7.89. The van der Waals surface area contributed by atoms with Crippen LogP contribution in [0.2, 0.25) is 0 Å². The first kappa shape index (κ1) is 16.5. The van der Waals surface area contributed by atoms with Crippen molar-refractivity contribution in [1.82, 2.24) is 10.6 Å². The molecule has 1 unspecified atom stereocenters. The van der Waals surface area contributed by atoms with Crippen molar-refractivity contribution in [3.8, 4) is 0 Å². The van der Waals surface area contributed by atoms with Gasteiger partial charge in [-0.25, -0.2) is 0 Å². The molecule has 1 rings (SSSR count). The van der Waals surface area contributed by atoms with Crippen LogP contribution in [0, 0.1) is 0 Å². The first-order valence-electron chi connectivity index (χ1n) is 6.47. The van der Waals surface area contributed by atoms with Crippen molar-refractivity contribution < 1.29 is 18.0 Å².